The molecule has 2 aromatic rings. The first-order valence-corrected chi connectivity index (χ1v) is 6.99. The van der Waals surface area contributed by atoms with Gasteiger partial charge < -0.3 is 5.73 Å². The van der Waals surface area contributed by atoms with Crippen LogP contribution in [0.2, 0.25) is 5.02 Å². The molecule has 5 heteroatoms. The van der Waals surface area contributed by atoms with E-state index in [4.69, 9.17) is 17.3 Å². The molecule has 0 aliphatic heterocycles. The van der Waals surface area contributed by atoms with E-state index >= 15 is 0 Å². The Bertz CT molecular complexity index is 476. The molecule has 0 atom stereocenters. The third-order valence-electron chi connectivity index (χ3n) is 2.00. The Morgan fingerprint density at radius 3 is 2.94 bits per heavy atom. The van der Waals surface area contributed by atoms with Crippen molar-refractivity contribution >= 4 is 40.4 Å². The highest BCUT2D eigenvalue weighted by Gasteiger charge is 2.06. The summed E-state index contributed by atoms with van der Waals surface area (Å²) in [5.74, 6) is 0.812. The van der Waals surface area contributed by atoms with E-state index in [1.807, 2.05) is 30.5 Å². The van der Waals surface area contributed by atoms with Gasteiger partial charge in [0, 0.05) is 21.7 Å². The van der Waals surface area contributed by atoms with Crippen LogP contribution in [0.1, 0.15) is 10.7 Å². The number of thiazole rings is 1. The van der Waals surface area contributed by atoms with Gasteiger partial charge in [-0.2, -0.15) is 0 Å². The molecule has 0 aliphatic rings. The molecular weight excluding hydrogens is 260 g/mol. The predicted molar refractivity (Wildman–Crippen MR) is 72.3 cm³/mol. The van der Waals surface area contributed by atoms with Crippen LogP contribution in [0, 0.1) is 6.92 Å². The van der Waals surface area contributed by atoms with Crippen molar-refractivity contribution in [3.63, 3.8) is 0 Å². The van der Waals surface area contributed by atoms with Gasteiger partial charge in [0.2, 0.25) is 0 Å². The van der Waals surface area contributed by atoms with E-state index in [9.17, 15) is 0 Å². The van der Waals surface area contributed by atoms with Gasteiger partial charge in [-0.25, -0.2) is 4.98 Å². The molecule has 2 nitrogen and oxygen atoms in total. The third kappa shape index (κ3) is 2.70. The van der Waals surface area contributed by atoms with Crippen molar-refractivity contribution in [2.75, 3.05) is 5.73 Å². The summed E-state index contributed by atoms with van der Waals surface area (Å²) in [6, 6.07) is 5.57. The van der Waals surface area contributed by atoms with Crippen LogP contribution < -0.4 is 5.73 Å². The molecule has 1 aromatic carbocycles. The Morgan fingerprint density at radius 2 is 2.31 bits per heavy atom. The summed E-state index contributed by atoms with van der Waals surface area (Å²) >= 11 is 9.38. The zero-order valence-corrected chi connectivity index (χ0v) is 11.1. The van der Waals surface area contributed by atoms with Crippen LogP contribution in [0.3, 0.4) is 0 Å². The van der Waals surface area contributed by atoms with Crippen LogP contribution in [-0.2, 0) is 5.75 Å². The van der Waals surface area contributed by atoms with Gasteiger partial charge in [0.05, 0.1) is 10.8 Å². The van der Waals surface area contributed by atoms with Gasteiger partial charge in [0.1, 0.15) is 5.01 Å². The van der Waals surface area contributed by atoms with Gasteiger partial charge in [-0.1, -0.05) is 17.7 Å². The van der Waals surface area contributed by atoms with Crippen LogP contribution in [0.15, 0.2) is 28.5 Å². The number of nitrogens with two attached hydrogens (primary N) is 1. The third-order valence-corrected chi connectivity index (χ3v) is 4.74. The lowest BCUT2D eigenvalue weighted by atomic mass is 10.3. The lowest BCUT2D eigenvalue weighted by molar-refractivity contribution is 1.18. The summed E-state index contributed by atoms with van der Waals surface area (Å²) in [5.41, 5.74) is 7.66. The Hall–Kier alpha value is -0.710. The van der Waals surface area contributed by atoms with Gasteiger partial charge >= 0.3 is 0 Å². The number of hydrogen-bond donors (Lipinski definition) is 1. The molecule has 0 radical (unpaired) electrons. The van der Waals surface area contributed by atoms with E-state index in [2.05, 4.69) is 4.98 Å². The largest absolute Gasteiger partial charge is 0.398 e. The monoisotopic (exact) mass is 270 g/mol. The first kappa shape index (κ1) is 11.8. The first-order valence-electron chi connectivity index (χ1n) is 4.74. The number of anilines is 1. The van der Waals surface area contributed by atoms with Crippen molar-refractivity contribution in [3.8, 4) is 0 Å². The summed E-state index contributed by atoms with van der Waals surface area (Å²) in [7, 11) is 0. The maximum atomic E-state index is 6.08. The molecule has 0 saturated heterocycles. The molecule has 0 unspecified atom stereocenters. The van der Waals surface area contributed by atoms with E-state index in [1.165, 1.54) is 0 Å². The standard InChI is InChI=1S/C11H11ClN2S2/c1-7-5-15-10(14-7)6-16-11-8(12)3-2-4-9(11)13/h2-5H,6,13H2,1H3. The van der Waals surface area contributed by atoms with Gasteiger partial charge in [-0.3, -0.25) is 0 Å². The van der Waals surface area contributed by atoms with Crippen LogP contribution in [0.25, 0.3) is 0 Å². The Labute approximate surface area is 108 Å². The molecular formula is C11H11ClN2S2. The summed E-state index contributed by atoms with van der Waals surface area (Å²) in [6.07, 6.45) is 0. The number of rotatable bonds is 3. The number of nitrogens with zero attached hydrogens (tertiary/aromatic N) is 1. The van der Waals surface area contributed by atoms with Crippen molar-refractivity contribution in [1.82, 2.24) is 4.98 Å². The van der Waals surface area contributed by atoms with E-state index in [1.54, 1.807) is 23.1 Å². The second kappa shape index (κ2) is 5.08. The topological polar surface area (TPSA) is 38.9 Å². The normalized spacial score (nSPS) is 10.6. The van der Waals surface area contributed by atoms with E-state index in [0.29, 0.717) is 5.02 Å². The summed E-state index contributed by atoms with van der Waals surface area (Å²) < 4.78 is 0. The number of aryl methyl sites for hydroxylation is 1. The smallest absolute Gasteiger partial charge is 0.103 e. The lowest BCUT2D eigenvalue weighted by Gasteiger charge is -2.05. The minimum Gasteiger partial charge on any atom is -0.398 e. The number of hydrogen-bond acceptors (Lipinski definition) is 4. The van der Waals surface area contributed by atoms with Crippen molar-refractivity contribution in [3.05, 3.63) is 39.3 Å². The van der Waals surface area contributed by atoms with Gasteiger partial charge in [0.25, 0.3) is 0 Å². The van der Waals surface area contributed by atoms with Gasteiger partial charge in [-0.05, 0) is 19.1 Å². The van der Waals surface area contributed by atoms with Crippen LogP contribution in [-0.4, -0.2) is 4.98 Å². The van der Waals surface area contributed by atoms with Gasteiger partial charge in [0.15, 0.2) is 0 Å². The van der Waals surface area contributed by atoms with Crippen molar-refractivity contribution in [2.45, 2.75) is 17.6 Å². The highest BCUT2D eigenvalue weighted by Crippen LogP contribution is 2.34. The van der Waals surface area contributed by atoms with Crippen molar-refractivity contribution in [2.24, 2.45) is 0 Å². The highest BCUT2D eigenvalue weighted by molar-refractivity contribution is 7.98. The summed E-state index contributed by atoms with van der Waals surface area (Å²) in [4.78, 5) is 5.34. The number of thioether (sulfide) groups is 1. The number of halogens is 1. The molecule has 0 saturated carbocycles. The molecule has 1 aromatic heterocycles. The second-order valence-corrected chi connectivity index (χ2v) is 5.66. The van der Waals surface area contributed by atoms with Crippen LogP contribution >= 0.6 is 34.7 Å². The van der Waals surface area contributed by atoms with Crippen molar-refractivity contribution < 1.29 is 0 Å². The lowest BCUT2D eigenvalue weighted by Crippen LogP contribution is -1.89. The highest BCUT2D eigenvalue weighted by atomic mass is 35.5. The van der Waals surface area contributed by atoms with Crippen molar-refractivity contribution in [1.29, 1.82) is 0 Å². The van der Waals surface area contributed by atoms with E-state index in [0.717, 1.165) is 27.0 Å². The molecule has 2 N–H and O–H groups in total. The SMILES string of the molecule is Cc1csc(CSc2c(N)cccc2Cl)n1. The quantitative estimate of drug-likeness (QED) is 0.677. The number of aromatic nitrogens is 1. The van der Waals surface area contributed by atoms with E-state index in [-0.39, 0.29) is 0 Å². The molecule has 0 bridgehead atoms. The Morgan fingerprint density at radius 1 is 1.50 bits per heavy atom. The molecule has 0 aliphatic carbocycles. The predicted octanol–water partition coefficient (Wildman–Crippen LogP) is 3.98. The minimum atomic E-state index is 0.707. The first-order chi connectivity index (χ1) is 7.66. The fraction of sp³-hybridized carbons (Fsp3) is 0.182. The fourth-order valence-corrected chi connectivity index (χ4v) is 3.40. The number of nitrogen functional groups attached to an aromatic ring is 1. The summed E-state index contributed by atoms with van der Waals surface area (Å²) in [5, 5.41) is 3.85. The summed E-state index contributed by atoms with van der Waals surface area (Å²) in [6.45, 7) is 1.99. The zero-order chi connectivity index (χ0) is 11.5. The van der Waals surface area contributed by atoms with Crippen LogP contribution in [0.4, 0.5) is 5.69 Å². The molecule has 1 heterocycles. The van der Waals surface area contributed by atoms with Gasteiger partial charge in [-0.15, -0.1) is 23.1 Å². The Balaban J connectivity index is 2.10. The zero-order valence-electron chi connectivity index (χ0n) is 8.74. The molecule has 16 heavy (non-hydrogen) atoms. The maximum Gasteiger partial charge on any atom is 0.103 e. The minimum absolute atomic E-state index is 0.707. The molecule has 0 fully saturated rings. The molecule has 0 amide bonds. The van der Waals surface area contributed by atoms with Crippen LogP contribution in [0.5, 0.6) is 0 Å². The fourth-order valence-electron chi connectivity index (χ4n) is 1.28. The number of benzene rings is 1. The average Bonchev–Trinajstić information content (AvgIpc) is 2.63. The molecule has 2 rings (SSSR count). The average molecular weight is 271 g/mol. The Kier molecular flexibility index (Phi) is 3.74. The van der Waals surface area contributed by atoms with E-state index < -0.39 is 0 Å². The maximum absolute atomic E-state index is 6.08. The second-order valence-electron chi connectivity index (χ2n) is 3.33. The molecule has 84 valence electrons. The molecule has 0 spiro atoms.